The maximum absolute atomic E-state index is 4.21. The smallest absolute Gasteiger partial charge is 0.0561 e. The fraction of sp³-hybridized carbons (Fsp3) is 0.188. The molecule has 2 nitrogen and oxygen atoms in total. The van der Waals surface area contributed by atoms with Crippen LogP contribution in [-0.4, -0.2) is 6.21 Å². The number of nitrogens with one attached hydrogen (secondary N) is 1. The number of hydrazone groups is 1. The molecule has 2 heteroatoms. The van der Waals surface area contributed by atoms with Gasteiger partial charge in [-0.3, -0.25) is 5.43 Å². The molecule has 0 unspecified atom stereocenters. The highest BCUT2D eigenvalue weighted by atomic mass is 15.3. The van der Waals surface area contributed by atoms with E-state index in [9.17, 15) is 0 Å². The summed E-state index contributed by atoms with van der Waals surface area (Å²) in [7, 11) is 0. The van der Waals surface area contributed by atoms with Crippen LogP contribution in [0.4, 0.5) is 5.69 Å². The van der Waals surface area contributed by atoms with Crippen molar-refractivity contribution in [3.05, 3.63) is 65.7 Å². The maximum atomic E-state index is 4.21. The number of anilines is 1. The van der Waals surface area contributed by atoms with E-state index >= 15 is 0 Å². The molecule has 0 atom stereocenters. The Morgan fingerprint density at radius 3 is 2.39 bits per heavy atom. The van der Waals surface area contributed by atoms with Crippen LogP contribution in [0.3, 0.4) is 0 Å². The molecule has 0 radical (unpaired) electrons. The number of rotatable bonds is 5. The molecule has 0 bridgehead atoms. The normalized spacial score (nSPS) is 10.7. The highest BCUT2D eigenvalue weighted by Gasteiger charge is 1.91. The van der Waals surface area contributed by atoms with Crippen molar-refractivity contribution in [2.45, 2.75) is 19.8 Å². The topological polar surface area (TPSA) is 24.4 Å². The Bertz CT molecular complexity index is 486. The third-order valence-corrected chi connectivity index (χ3v) is 2.70. The van der Waals surface area contributed by atoms with Crippen molar-refractivity contribution < 1.29 is 0 Å². The summed E-state index contributed by atoms with van der Waals surface area (Å²) in [4.78, 5) is 0. The van der Waals surface area contributed by atoms with Gasteiger partial charge in [-0.2, -0.15) is 5.10 Å². The summed E-state index contributed by atoms with van der Waals surface area (Å²) in [5.74, 6) is 0. The molecular weight excluding hydrogens is 220 g/mol. The lowest BCUT2D eigenvalue weighted by atomic mass is 10.1. The average Bonchev–Trinajstić information content (AvgIpc) is 2.42. The minimum atomic E-state index is 0.997. The summed E-state index contributed by atoms with van der Waals surface area (Å²) in [5.41, 5.74) is 6.49. The molecule has 0 heterocycles. The zero-order chi connectivity index (χ0) is 12.6. The van der Waals surface area contributed by atoms with Gasteiger partial charge in [0.15, 0.2) is 0 Å². The van der Waals surface area contributed by atoms with Crippen LogP contribution in [0.2, 0.25) is 0 Å². The molecule has 92 valence electrons. The first kappa shape index (κ1) is 12.4. The van der Waals surface area contributed by atoms with E-state index in [0.29, 0.717) is 0 Å². The first-order valence-corrected chi connectivity index (χ1v) is 6.31. The minimum Gasteiger partial charge on any atom is -0.279 e. The molecule has 0 amide bonds. The first-order valence-electron chi connectivity index (χ1n) is 6.31. The van der Waals surface area contributed by atoms with E-state index in [1.807, 2.05) is 36.5 Å². The molecule has 0 aliphatic heterocycles. The lowest BCUT2D eigenvalue weighted by Gasteiger charge is -2.00. The Morgan fingerprint density at radius 1 is 1.00 bits per heavy atom. The Labute approximate surface area is 108 Å². The van der Waals surface area contributed by atoms with Crippen LogP contribution in [0.25, 0.3) is 0 Å². The molecule has 0 fully saturated rings. The Morgan fingerprint density at radius 2 is 1.72 bits per heavy atom. The number of para-hydroxylation sites is 1. The predicted molar refractivity (Wildman–Crippen MR) is 78.1 cm³/mol. The number of hydrogen-bond donors (Lipinski definition) is 1. The maximum Gasteiger partial charge on any atom is 0.0561 e. The summed E-state index contributed by atoms with van der Waals surface area (Å²) in [6, 6.07) is 18.4. The predicted octanol–water partition coefficient (Wildman–Crippen LogP) is 4.09. The van der Waals surface area contributed by atoms with Gasteiger partial charge in [-0.25, -0.2) is 0 Å². The van der Waals surface area contributed by atoms with Crippen LogP contribution >= 0.6 is 0 Å². The lowest BCUT2D eigenvalue weighted by Crippen LogP contribution is -1.90. The fourth-order valence-electron chi connectivity index (χ4n) is 1.75. The third-order valence-electron chi connectivity index (χ3n) is 2.70. The molecular formula is C16H18N2. The largest absolute Gasteiger partial charge is 0.279 e. The van der Waals surface area contributed by atoms with Gasteiger partial charge in [0.25, 0.3) is 0 Å². The van der Waals surface area contributed by atoms with E-state index in [2.05, 4.69) is 41.7 Å². The Balaban J connectivity index is 1.93. The van der Waals surface area contributed by atoms with E-state index < -0.39 is 0 Å². The fourth-order valence-corrected chi connectivity index (χ4v) is 1.75. The van der Waals surface area contributed by atoms with Crippen molar-refractivity contribution in [1.29, 1.82) is 0 Å². The average molecular weight is 238 g/mol. The SMILES string of the molecule is CCCc1ccc(C=NNc2ccccc2)cc1. The zero-order valence-electron chi connectivity index (χ0n) is 10.6. The summed E-state index contributed by atoms with van der Waals surface area (Å²) < 4.78 is 0. The van der Waals surface area contributed by atoms with Crippen LogP contribution in [0.5, 0.6) is 0 Å². The number of hydrogen-bond acceptors (Lipinski definition) is 2. The zero-order valence-corrected chi connectivity index (χ0v) is 10.6. The molecule has 0 aliphatic rings. The van der Waals surface area contributed by atoms with Crippen LogP contribution in [0, 0.1) is 0 Å². The summed E-state index contributed by atoms with van der Waals surface area (Å²) in [5, 5.41) is 4.21. The molecule has 0 spiro atoms. The highest BCUT2D eigenvalue weighted by molar-refractivity contribution is 5.80. The molecule has 18 heavy (non-hydrogen) atoms. The van der Waals surface area contributed by atoms with Crippen molar-refractivity contribution in [3.63, 3.8) is 0 Å². The second-order valence-electron chi connectivity index (χ2n) is 4.23. The van der Waals surface area contributed by atoms with E-state index in [0.717, 1.165) is 17.7 Å². The molecule has 2 aromatic carbocycles. The quantitative estimate of drug-likeness (QED) is 0.616. The molecule has 0 aliphatic carbocycles. The summed E-state index contributed by atoms with van der Waals surface area (Å²) in [6.07, 6.45) is 4.16. The van der Waals surface area contributed by atoms with Gasteiger partial charge in [0.2, 0.25) is 0 Å². The first-order chi connectivity index (χ1) is 8.88. The van der Waals surface area contributed by atoms with E-state index in [4.69, 9.17) is 0 Å². The minimum absolute atomic E-state index is 0.997. The van der Waals surface area contributed by atoms with Gasteiger partial charge >= 0.3 is 0 Å². The van der Waals surface area contributed by atoms with Crippen LogP contribution in [-0.2, 0) is 6.42 Å². The van der Waals surface area contributed by atoms with Gasteiger partial charge in [-0.15, -0.1) is 0 Å². The van der Waals surface area contributed by atoms with Crippen molar-refractivity contribution in [3.8, 4) is 0 Å². The Kier molecular flexibility index (Phi) is 4.53. The van der Waals surface area contributed by atoms with E-state index in [1.54, 1.807) is 0 Å². The van der Waals surface area contributed by atoms with Gasteiger partial charge in [0.1, 0.15) is 0 Å². The van der Waals surface area contributed by atoms with Gasteiger partial charge < -0.3 is 0 Å². The van der Waals surface area contributed by atoms with E-state index in [-0.39, 0.29) is 0 Å². The second-order valence-corrected chi connectivity index (χ2v) is 4.23. The van der Waals surface area contributed by atoms with Crippen molar-refractivity contribution in [1.82, 2.24) is 0 Å². The highest BCUT2D eigenvalue weighted by Crippen LogP contribution is 2.06. The van der Waals surface area contributed by atoms with Crippen LogP contribution in [0.15, 0.2) is 59.7 Å². The van der Waals surface area contributed by atoms with E-state index in [1.165, 1.54) is 12.0 Å². The second kappa shape index (κ2) is 6.60. The molecule has 2 rings (SSSR count). The monoisotopic (exact) mass is 238 g/mol. The number of nitrogens with zero attached hydrogens (tertiary/aromatic N) is 1. The van der Waals surface area contributed by atoms with Crippen molar-refractivity contribution in [2.75, 3.05) is 5.43 Å². The van der Waals surface area contributed by atoms with Gasteiger partial charge in [-0.1, -0.05) is 55.8 Å². The summed E-state index contributed by atoms with van der Waals surface area (Å²) in [6.45, 7) is 2.19. The third kappa shape index (κ3) is 3.74. The van der Waals surface area contributed by atoms with Crippen molar-refractivity contribution in [2.24, 2.45) is 5.10 Å². The van der Waals surface area contributed by atoms with Gasteiger partial charge in [0.05, 0.1) is 11.9 Å². The molecule has 1 N–H and O–H groups in total. The lowest BCUT2D eigenvalue weighted by molar-refractivity contribution is 0.922. The summed E-state index contributed by atoms with van der Waals surface area (Å²) >= 11 is 0. The van der Waals surface area contributed by atoms with Crippen LogP contribution in [0.1, 0.15) is 24.5 Å². The molecule has 0 aromatic heterocycles. The molecule has 2 aromatic rings. The van der Waals surface area contributed by atoms with Crippen LogP contribution < -0.4 is 5.43 Å². The Hall–Kier alpha value is -2.09. The molecule has 0 saturated carbocycles. The van der Waals surface area contributed by atoms with Crippen molar-refractivity contribution >= 4 is 11.9 Å². The molecule has 0 saturated heterocycles. The standard InChI is InChI=1S/C16H18N2/c1-2-6-14-9-11-15(12-10-14)13-17-18-16-7-4-3-5-8-16/h3-5,7-13,18H,2,6H2,1H3. The number of benzene rings is 2. The van der Waals surface area contributed by atoms with Gasteiger partial charge in [-0.05, 0) is 29.7 Å². The number of aryl methyl sites for hydroxylation is 1. The van der Waals surface area contributed by atoms with Gasteiger partial charge in [0, 0.05) is 0 Å².